The summed E-state index contributed by atoms with van der Waals surface area (Å²) < 4.78 is 2.00. The van der Waals surface area contributed by atoms with E-state index in [-0.39, 0.29) is 6.03 Å². The molecule has 1 aliphatic heterocycles. The minimum atomic E-state index is -0.226. The maximum absolute atomic E-state index is 12.5. The minimum Gasteiger partial charge on any atom is -0.307 e. The van der Waals surface area contributed by atoms with Crippen LogP contribution in [-0.2, 0) is 0 Å². The van der Waals surface area contributed by atoms with Gasteiger partial charge in [0, 0.05) is 31.4 Å². The molecule has 2 aromatic rings. The van der Waals surface area contributed by atoms with Crippen LogP contribution in [0.5, 0.6) is 0 Å². The molecule has 4 rings (SSSR count). The third-order valence-corrected chi connectivity index (χ3v) is 6.45. The molecule has 2 heterocycles. The van der Waals surface area contributed by atoms with Crippen LogP contribution >= 0.6 is 0 Å². The summed E-state index contributed by atoms with van der Waals surface area (Å²) in [5, 5.41) is 10.4. The van der Waals surface area contributed by atoms with Crippen molar-refractivity contribution in [1.29, 1.82) is 0 Å². The van der Waals surface area contributed by atoms with Crippen LogP contribution in [0.2, 0.25) is 0 Å². The van der Waals surface area contributed by atoms with Crippen molar-refractivity contribution >= 4 is 17.5 Å². The molecule has 156 valence electrons. The van der Waals surface area contributed by atoms with Gasteiger partial charge in [0.1, 0.15) is 5.82 Å². The van der Waals surface area contributed by atoms with E-state index in [2.05, 4.69) is 20.6 Å². The van der Waals surface area contributed by atoms with Crippen LogP contribution in [0.25, 0.3) is 0 Å². The Kier molecular flexibility index (Phi) is 6.49. The van der Waals surface area contributed by atoms with Gasteiger partial charge in [-0.15, -0.1) is 0 Å². The second kappa shape index (κ2) is 9.44. The summed E-state index contributed by atoms with van der Waals surface area (Å²) in [6.45, 7) is 5.49. The Balaban J connectivity index is 1.30. The second-order valence-electron chi connectivity index (χ2n) is 8.59. The maximum Gasteiger partial charge on any atom is 0.324 e. The van der Waals surface area contributed by atoms with Gasteiger partial charge in [0.05, 0.1) is 12.2 Å². The van der Waals surface area contributed by atoms with Crippen LogP contribution in [0.3, 0.4) is 0 Å². The first-order valence-corrected chi connectivity index (χ1v) is 11.1. The fourth-order valence-electron chi connectivity index (χ4n) is 4.77. The van der Waals surface area contributed by atoms with Crippen molar-refractivity contribution in [3.05, 3.63) is 42.1 Å². The van der Waals surface area contributed by atoms with E-state index in [0.29, 0.717) is 6.04 Å². The molecule has 6 heteroatoms. The maximum atomic E-state index is 12.5. The molecule has 2 fully saturated rings. The summed E-state index contributed by atoms with van der Waals surface area (Å²) in [5.74, 6) is 1.66. The van der Waals surface area contributed by atoms with E-state index in [1.807, 2.05) is 41.9 Å². The quantitative estimate of drug-likeness (QED) is 0.744. The predicted molar refractivity (Wildman–Crippen MR) is 117 cm³/mol. The fourth-order valence-corrected chi connectivity index (χ4v) is 4.77. The van der Waals surface area contributed by atoms with E-state index in [4.69, 9.17) is 0 Å². The number of likely N-dealkylation sites (tertiary alicyclic amines) is 1. The van der Waals surface area contributed by atoms with Crippen LogP contribution in [0.1, 0.15) is 56.6 Å². The van der Waals surface area contributed by atoms with Crippen LogP contribution in [-0.4, -0.2) is 40.3 Å². The number of para-hydroxylation sites is 1. The lowest BCUT2D eigenvalue weighted by Crippen LogP contribution is -2.38. The standard InChI is InChI=1S/C23H33N5O/c1-18-7-5-6-10-21(18)25-23(29)26-22-11-14-24-28(22)20-12-15-27(16-13-20)17-19-8-3-2-4-9-19/h5-7,10-11,14,19-20H,2-4,8-9,12-13,15-17H2,1H3,(H2,25,26,29). The molecule has 0 bridgehead atoms. The van der Waals surface area contributed by atoms with Gasteiger partial charge in [-0.25, -0.2) is 9.48 Å². The van der Waals surface area contributed by atoms with E-state index >= 15 is 0 Å². The number of nitrogens with one attached hydrogen (secondary N) is 2. The Hall–Kier alpha value is -2.34. The smallest absolute Gasteiger partial charge is 0.307 e. The molecule has 2 aliphatic rings. The highest BCUT2D eigenvalue weighted by molar-refractivity contribution is 5.99. The van der Waals surface area contributed by atoms with E-state index < -0.39 is 0 Å². The molecule has 2 amide bonds. The van der Waals surface area contributed by atoms with Crippen LogP contribution < -0.4 is 10.6 Å². The normalized spacial score (nSPS) is 19.2. The van der Waals surface area contributed by atoms with Crippen molar-refractivity contribution in [2.75, 3.05) is 30.3 Å². The molecular weight excluding hydrogens is 362 g/mol. The molecule has 1 aromatic heterocycles. The number of carbonyl (C=O) groups excluding carboxylic acids is 1. The van der Waals surface area contributed by atoms with Crippen molar-refractivity contribution < 1.29 is 4.79 Å². The number of hydrogen-bond donors (Lipinski definition) is 2. The number of aromatic nitrogens is 2. The number of aryl methyl sites for hydroxylation is 1. The number of hydrogen-bond acceptors (Lipinski definition) is 3. The number of carbonyl (C=O) groups is 1. The van der Waals surface area contributed by atoms with Gasteiger partial charge in [-0.2, -0.15) is 5.10 Å². The molecule has 1 saturated carbocycles. The number of amides is 2. The molecule has 1 saturated heterocycles. The molecule has 0 radical (unpaired) electrons. The monoisotopic (exact) mass is 395 g/mol. The SMILES string of the molecule is Cc1ccccc1NC(=O)Nc1ccnn1C1CCN(CC2CCCCC2)CC1. The topological polar surface area (TPSA) is 62.2 Å². The Morgan fingerprint density at radius 1 is 1.03 bits per heavy atom. The first-order chi connectivity index (χ1) is 14.2. The molecule has 1 aliphatic carbocycles. The largest absolute Gasteiger partial charge is 0.324 e. The highest BCUT2D eigenvalue weighted by Gasteiger charge is 2.25. The van der Waals surface area contributed by atoms with Gasteiger partial charge in [-0.3, -0.25) is 5.32 Å². The van der Waals surface area contributed by atoms with E-state index in [9.17, 15) is 4.79 Å². The van der Waals surface area contributed by atoms with E-state index in [1.54, 1.807) is 6.20 Å². The van der Waals surface area contributed by atoms with Crippen LogP contribution in [0, 0.1) is 12.8 Å². The van der Waals surface area contributed by atoms with Gasteiger partial charge in [-0.1, -0.05) is 37.5 Å². The lowest BCUT2D eigenvalue weighted by atomic mass is 9.88. The number of benzene rings is 1. The summed E-state index contributed by atoms with van der Waals surface area (Å²) in [6, 6.07) is 9.79. The van der Waals surface area contributed by atoms with Crippen molar-refractivity contribution in [2.24, 2.45) is 5.92 Å². The zero-order valence-corrected chi connectivity index (χ0v) is 17.4. The third-order valence-electron chi connectivity index (χ3n) is 6.45. The molecule has 1 aromatic carbocycles. The number of anilines is 2. The van der Waals surface area contributed by atoms with Crippen molar-refractivity contribution in [3.63, 3.8) is 0 Å². The van der Waals surface area contributed by atoms with Gasteiger partial charge in [-0.05, 0) is 50.2 Å². The summed E-state index contributed by atoms with van der Waals surface area (Å²) in [6.07, 6.45) is 11.0. The van der Waals surface area contributed by atoms with Crippen molar-refractivity contribution in [2.45, 2.75) is 57.9 Å². The predicted octanol–water partition coefficient (Wildman–Crippen LogP) is 5.05. The molecule has 2 N–H and O–H groups in total. The number of piperidine rings is 1. The Morgan fingerprint density at radius 2 is 1.79 bits per heavy atom. The Bertz CT molecular complexity index is 803. The molecule has 0 atom stereocenters. The minimum absolute atomic E-state index is 0.226. The number of rotatable bonds is 5. The Morgan fingerprint density at radius 3 is 2.55 bits per heavy atom. The molecule has 6 nitrogen and oxygen atoms in total. The highest BCUT2D eigenvalue weighted by atomic mass is 16.2. The van der Waals surface area contributed by atoms with Crippen molar-refractivity contribution in [1.82, 2.24) is 14.7 Å². The highest BCUT2D eigenvalue weighted by Crippen LogP contribution is 2.29. The van der Waals surface area contributed by atoms with E-state index in [0.717, 1.165) is 48.9 Å². The van der Waals surface area contributed by atoms with Gasteiger partial charge in [0.25, 0.3) is 0 Å². The third kappa shape index (κ3) is 5.18. The average molecular weight is 396 g/mol. The van der Waals surface area contributed by atoms with Crippen LogP contribution in [0.4, 0.5) is 16.3 Å². The number of nitrogens with zero attached hydrogens (tertiary/aromatic N) is 3. The summed E-state index contributed by atoms with van der Waals surface area (Å²) in [5.41, 5.74) is 1.87. The molecular formula is C23H33N5O. The molecule has 0 unspecified atom stereocenters. The van der Waals surface area contributed by atoms with E-state index in [1.165, 1.54) is 38.6 Å². The summed E-state index contributed by atoms with van der Waals surface area (Å²) in [4.78, 5) is 15.1. The molecule has 29 heavy (non-hydrogen) atoms. The first kappa shape index (κ1) is 20.0. The lowest BCUT2D eigenvalue weighted by molar-refractivity contribution is 0.144. The zero-order valence-electron chi connectivity index (χ0n) is 17.4. The van der Waals surface area contributed by atoms with Gasteiger partial charge < -0.3 is 10.2 Å². The average Bonchev–Trinajstić information content (AvgIpc) is 3.19. The Labute approximate surface area is 173 Å². The number of urea groups is 1. The lowest BCUT2D eigenvalue weighted by Gasteiger charge is -2.35. The second-order valence-corrected chi connectivity index (χ2v) is 8.59. The fraction of sp³-hybridized carbons (Fsp3) is 0.565. The van der Waals surface area contributed by atoms with Gasteiger partial charge in [0.2, 0.25) is 0 Å². The van der Waals surface area contributed by atoms with Gasteiger partial charge >= 0.3 is 6.03 Å². The summed E-state index contributed by atoms with van der Waals surface area (Å²) in [7, 11) is 0. The van der Waals surface area contributed by atoms with Gasteiger partial charge in [0.15, 0.2) is 0 Å². The van der Waals surface area contributed by atoms with Crippen molar-refractivity contribution in [3.8, 4) is 0 Å². The first-order valence-electron chi connectivity index (χ1n) is 11.1. The zero-order chi connectivity index (χ0) is 20.1. The summed E-state index contributed by atoms with van der Waals surface area (Å²) >= 11 is 0. The van der Waals surface area contributed by atoms with Crippen LogP contribution in [0.15, 0.2) is 36.5 Å². The molecule has 0 spiro atoms.